The van der Waals surface area contributed by atoms with Gasteiger partial charge in [0.2, 0.25) is 0 Å². The molecule has 0 amide bonds. The van der Waals surface area contributed by atoms with Gasteiger partial charge in [0, 0.05) is 11.7 Å². The zero-order chi connectivity index (χ0) is 16.2. The molecule has 0 spiro atoms. The van der Waals surface area contributed by atoms with Gasteiger partial charge in [0.25, 0.3) is 0 Å². The topological polar surface area (TPSA) is 75.9 Å². The third-order valence-electron chi connectivity index (χ3n) is 4.01. The van der Waals surface area contributed by atoms with Gasteiger partial charge in [-0.15, -0.1) is 0 Å². The minimum atomic E-state index is 0.429. The van der Waals surface area contributed by atoms with Crippen LogP contribution in [0.25, 0.3) is 0 Å². The number of hydrogen-bond donors (Lipinski definition) is 3. The highest BCUT2D eigenvalue weighted by molar-refractivity contribution is 6.42. The van der Waals surface area contributed by atoms with Gasteiger partial charge in [-0.05, 0) is 31.0 Å². The Labute approximate surface area is 145 Å². The number of hydrogen-bond acceptors (Lipinski definition) is 5. The predicted molar refractivity (Wildman–Crippen MR) is 96.7 cm³/mol. The molecule has 0 radical (unpaired) electrons. The van der Waals surface area contributed by atoms with Crippen LogP contribution in [0.3, 0.4) is 0 Å². The summed E-state index contributed by atoms with van der Waals surface area (Å²) in [7, 11) is 0. The predicted octanol–water partition coefficient (Wildman–Crippen LogP) is 4.85. The molecule has 1 heterocycles. The van der Waals surface area contributed by atoms with Crippen molar-refractivity contribution in [2.75, 3.05) is 16.4 Å². The summed E-state index contributed by atoms with van der Waals surface area (Å²) >= 11 is 12.0. The van der Waals surface area contributed by atoms with E-state index in [1.165, 1.54) is 25.6 Å². The van der Waals surface area contributed by atoms with E-state index in [4.69, 9.17) is 28.9 Å². The molecule has 7 heteroatoms. The molecule has 0 unspecified atom stereocenters. The third-order valence-corrected chi connectivity index (χ3v) is 4.75. The van der Waals surface area contributed by atoms with Crippen molar-refractivity contribution in [2.24, 2.45) is 0 Å². The molecule has 0 aliphatic heterocycles. The Morgan fingerprint density at radius 3 is 2.48 bits per heavy atom. The molecule has 3 rings (SSSR count). The Balaban J connectivity index is 1.77. The second-order valence-corrected chi connectivity index (χ2v) is 6.53. The maximum Gasteiger partial charge on any atom is 0.159 e. The van der Waals surface area contributed by atoms with Crippen LogP contribution < -0.4 is 16.4 Å². The first-order valence-corrected chi connectivity index (χ1v) is 8.48. The maximum atomic E-state index is 6.21. The fourth-order valence-corrected chi connectivity index (χ4v) is 3.06. The van der Waals surface area contributed by atoms with Crippen molar-refractivity contribution >= 4 is 46.2 Å². The molecule has 2 aromatic rings. The molecule has 0 saturated heterocycles. The average molecular weight is 352 g/mol. The van der Waals surface area contributed by atoms with Gasteiger partial charge in [0.15, 0.2) is 11.6 Å². The van der Waals surface area contributed by atoms with Gasteiger partial charge in [-0.2, -0.15) is 0 Å². The molecule has 1 fully saturated rings. The Morgan fingerprint density at radius 2 is 1.74 bits per heavy atom. The van der Waals surface area contributed by atoms with Crippen molar-refractivity contribution in [1.82, 2.24) is 9.97 Å². The summed E-state index contributed by atoms with van der Waals surface area (Å²) in [6.45, 7) is 0. The van der Waals surface area contributed by atoms with Crippen LogP contribution in [0, 0.1) is 0 Å². The molecule has 1 aromatic carbocycles. The van der Waals surface area contributed by atoms with E-state index in [-0.39, 0.29) is 0 Å². The minimum Gasteiger partial charge on any atom is -0.393 e. The number of anilines is 4. The summed E-state index contributed by atoms with van der Waals surface area (Å²) in [6.07, 6.45) is 7.61. The summed E-state index contributed by atoms with van der Waals surface area (Å²) in [5.74, 6) is 1.23. The van der Waals surface area contributed by atoms with Gasteiger partial charge in [-0.25, -0.2) is 9.97 Å². The largest absolute Gasteiger partial charge is 0.393 e. The van der Waals surface area contributed by atoms with E-state index in [1.807, 2.05) is 6.07 Å². The molecule has 1 aliphatic carbocycles. The quantitative estimate of drug-likeness (QED) is 0.733. The summed E-state index contributed by atoms with van der Waals surface area (Å²) < 4.78 is 0. The second-order valence-electron chi connectivity index (χ2n) is 5.72. The number of nitrogen functional groups attached to an aromatic ring is 1. The van der Waals surface area contributed by atoms with Crippen LogP contribution in [0.1, 0.15) is 32.1 Å². The van der Waals surface area contributed by atoms with E-state index in [0.29, 0.717) is 33.4 Å². The standard InChI is InChI=1S/C16H19Cl2N5/c17-12-7-6-11(8-13(12)18)23-16-14(19)15(20-9-21-16)22-10-4-2-1-3-5-10/h6-10H,1-5,19H2,(H2,20,21,22,23). The van der Waals surface area contributed by atoms with E-state index >= 15 is 0 Å². The van der Waals surface area contributed by atoms with Crippen molar-refractivity contribution in [1.29, 1.82) is 0 Å². The number of halogens is 2. The van der Waals surface area contributed by atoms with E-state index in [0.717, 1.165) is 18.5 Å². The molecule has 4 N–H and O–H groups in total. The summed E-state index contributed by atoms with van der Waals surface area (Å²) in [5.41, 5.74) is 7.48. The van der Waals surface area contributed by atoms with E-state index in [9.17, 15) is 0 Å². The fraction of sp³-hybridized carbons (Fsp3) is 0.375. The van der Waals surface area contributed by atoms with Gasteiger partial charge in [-0.3, -0.25) is 0 Å². The lowest BCUT2D eigenvalue weighted by atomic mass is 9.95. The lowest BCUT2D eigenvalue weighted by Crippen LogP contribution is -2.23. The molecular weight excluding hydrogens is 333 g/mol. The van der Waals surface area contributed by atoms with Crippen molar-refractivity contribution < 1.29 is 0 Å². The fourth-order valence-electron chi connectivity index (χ4n) is 2.76. The van der Waals surface area contributed by atoms with Crippen molar-refractivity contribution in [3.63, 3.8) is 0 Å². The van der Waals surface area contributed by atoms with Crippen LogP contribution in [-0.2, 0) is 0 Å². The van der Waals surface area contributed by atoms with Gasteiger partial charge in [0.05, 0.1) is 10.0 Å². The first-order chi connectivity index (χ1) is 11.1. The van der Waals surface area contributed by atoms with Gasteiger partial charge < -0.3 is 16.4 Å². The Kier molecular flexibility index (Phi) is 5.08. The minimum absolute atomic E-state index is 0.429. The zero-order valence-electron chi connectivity index (χ0n) is 12.6. The molecule has 0 atom stereocenters. The van der Waals surface area contributed by atoms with Crippen LogP contribution in [0.2, 0.25) is 10.0 Å². The third kappa shape index (κ3) is 3.98. The molecule has 0 bridgehead atoms. The number of rotatable bonds is 4. The number of benzene rings is 1. The second kappa shape index (κ2) is 7.23. The first kappa shape index (κ1) is 16.1. The number of nitrogens with two attached hydrogens (primary N) is 1. The van der Waals surface area contributed by atoms with Crippen molar-refractivity contribution in [3.8, 4) is 0 Å². The van der Waals surface area contributed by atoms with Crippen molar-refractivity contribution in [2.45, 2.75) is 38.1 Å². The highest BCUT2D eigenvalue weighted by Gasteiger charge is 2.16. The molecular formula is C16H19Cl2N5. The number of aromatic nitrogens is 2. The van der Waals surface area contributed by atoms with E-state index in [2.05, 4.69) is 20.6 Å². The number of nitrogens with one attached hydrogen (secondary N) is 2. The van der Waals surface area contributed by atoms with Crippen LogP contribution >= 0.6 is 23.2 Å². The molecule has 23 heavy (non-hydrogen) atoms. The zero-order valence-corrected chi connectivity index (χ0v) is 14.2. The van der Waals surface area contributed by atoms with Crippen LogP contribution in [0.5, 0.6) is 0 Å². The van der Waals surface area contributed by atoms with Gasteiger partial charge in [-0.1, -0.05) is 42.5 Å². The highest BCUT2D eigenvalue weighted by Crippen LogP contribution is 2.31. The van der Waals surface area contributed by atoms with Crippen LogP contribution in [0.15, 0.2) is 24.5 Å². The average Bonchev–Trinajstić information content (AvgIpc) is 2.56. The lowest BCUT2D eigenvalue weighted by molar-refractivity contribution is 0.462. The molecule has 1 aromatic heterocycles. The maximum absolute atomic E-state index is 6.21. The monoisotopic (exact) mass is 351 g/mol. The SMILES string of the molecule is Nc1c(Nc2ccc(Cl)c(Cl)c2)ncnc1NC1CCCCC1. The molecule has 5 nitrogen and oxygen atoms in total. The number of nitrogens with zero attached hydrogens (tertiary/aromatic N) is 2. The summed E-state index contributed by atoms with van der Waals surface area (Å²) in [6, 6.07) is 5.72. The summed E-state index contributed by atoms with van der Waals surface area (Å²) in [5, 5.41) is 7.57. The first-order valence-electron chi connectivity index (χ1n) is 7.72. The van der Waals surface area contributed by atoms with E-state index in [1.54, 1.807) is 12.1 Å². The Bertz CT molecular complexity index is 686. The van der Waals surface area contributed by atoms with Crippen molar-refractivity contribution in [3.05, 3.63) is 34.6 Å². The highest BCUT2D eigenvalue weighted by atomic mass is 35.5. The van der Waals surface area contributed by atoms with Crippen LogP contribution in [0.4, 0.5) is 23.0 Å². The Morgan fingerprint density at radius 1 is 1.00 bits per heavy atom. The van der Waals surface area contributed by atoms with Crippen LogP contribution in [-0.4, -0.2) is 16.0 Å². The summed E-state index contributed by atoms with van der Waals surface area (Å²) in [4.78, 5) is 8.49. The van der Waals surface area contributed by atoms with Gasteiger partial charge in [0.1, 0.15) is 12.0 Å². The smallest absolute Gasteiger partial charge is 0.159 e. The lowest BCUT2D eigenvalue weighted by Gasteiger charge is -2.24. The molecule has 122 valence electrons. The Hall–Kier alpha value is -1.72. The normalized spacial score (nSPS) is 15.4. The molecule has 1 saturated carbocycles. The van der Waals surface area contributed by atoms with E-state index < -0.39 is 0 Å². The molecule has 1 aliphatic rings. The van der Waals surface area contributed by atoms with Gasteiger partial charge >= 0.3 is 0 Å².